The standard InChI is InChI=1S/C17H19Br2NO/c1-11-4-12(2)6-14(5-11)10-21-17-15(18)7-13(9-20-3)8-16(17)19/h4-8,20H,9-10H2,1-3H3. The van der Waals surface area contributed by atoms with Crippen molar-refractivity contribution in [1.82, 2.24) is 5.32 Å². The van der Waals surface area contributed by atoms with Gasteiger partial charge in [0.2, 0.25) is 0 Å². The average Bonchev–Trinajstić information content (AvgIpc) is 2.36. The number of nitrogens with one attached hydrogen (secondary N) is 1. The molecule has 2 aromatic carbocycles. The van der Waals surface area contributed by atoms with E-state index in [9.17, 15) is 0 Å². The second-order valence-electron chi connectivity index (χ2n) is 5.20. The van der Waals surface area contributed by atoms with E-state index in [0.717, 1.165) is 21.2 Å². The number of halogens is 2. The van der Waals surface area contributed by atoms with Crippen LogP contribution in [0.3, 0.4) is 0 Å². The molecule has 0 aliphatic carbocycles. The summed E-state index contributed by atoms with van der Waals surface area (Å²) in [6.07, 6.45) is 0. The quantitative estimate of drug-likeness (QED) is 0.735. The summed E-state index contributed by atoms with van der Waals surface area (Å²) in [6.45, 7) is 5.60. The zero-order chi connectivity index (χ0) is 15.4. The van der Waals surface area contributed by atoms with Crippen LogP contribution in [-0.4, -0.2) is 7.05 Å². The fourth-order valence-electron chi connectivity index (χ4n) is 2.36. The molecule has 0 amide bonds. The van der Waals surface area contributed by atoms with Gasteiger partial charge in [-0.2, -0.15) is 0 Å². The van der Waals surface area contributed by atoms with E-state index in [4.69, 9.17) is 4.74 Å². The van der Waals surface area contributed by atoms with Gasteiger partial charge in [0.1, 0.15) is 12.4 Å². The lowest BCUT2D eigenvalue weighted by molar-refractivity contribution is 0.302. The largest absolute Gasteiger partial charge is 0.487 e. The zero-order valence-corrected chi connectivity index (χ0v) is 15.6. The zero-order valence-electron chi connectivity index (χ0n) is 12.5. The number of hydrogen-bond donors (Lipinski definition) is 1. The minimum Gasteiger partial charge on any atom is -0.487 e. The Bertz CT molecular complexity index is 597. The molecule has 0 aliphatic heterocycles. The van der Waals surface area contributed by atoms with Gasteiger partial charge in [-0.3, -0.25) is 0 Å². The van der Waals surface area contributed by atoms with Gasteiger partial charge in [-0.1, -0.05) is 29.3 Å². The Morgan fingerprint density at radius 1 is 0.905 bits per heavy atom. The molecule has 2 aromatic rings. The van der Waals surface area contributed by atoms with E-state index < -0.39 is 0 Å². The second kappa shape index (κ2) is 7.43. The van der Waals surface area contributed by atoms with E-state index in [2.05, 4.69) is 81.4 Å². The molecule has 0 fully saturated rings. The molecule has 4 heteroatoms. The predicted octanol–water partition coefficient (Wildman–Crippen LogP) is 5.13. The highest BCUT2D eigenvalue weighted by atomic mass is 79.9. The molecular formula is C17H19Br2NO. The molecule has 112 valence electrons. The minimum atomic E-state index is 0.561. The first-order valence-corrected chi connectivity index (χ1v) is 8.40. The molecule has 0 aliphatic rings. The Labute approximate surface area is 143 Å². The monoisotopic (exact) mass is 411 g/mol. The Balaban J connectivity index is 2.16. The van der Waals surface area contributed by atoms with E-state index >= 15 is 0 Å². The molecule has 2 nitrogen and oxygen atoms in total. The maximum absolute atomic E-state index is 5.98. The third-order valence-electron chi connectivity index (χ3n) is 3.10. The molecule has 0 spiro atoms. The summed E-state index contributed by atoms with van der Waals surface area (Å²) in [5, 5.41) is 3.15. The summed E-state index contributed by atoms with van der Waals surface area (Å²) >= 11 is 7.18. The maximum Gasteiger partial charge on any atom is 0.148 e. The van der Waals surface area contributed by atoms with Gasteiger partial charge < -0.3 is 10.1 Å². The number of rotatable bonds is 5. The van der Waals surface area contributed by atoms with Crippen molar-refractivity contribution in [1.29, 1.82) is 0 Å². The third-order valence-corrected chi connectivity index (χ3v) is 4.28. The maximum atomic E-state index is 5.98. The fourth-order valence-corrected chi connectivity index (χ4v) is 3.87. The second-order valence-corrected chi connectivity index (χ2v) is 6.91. The summed E-state index contributed by atoms with van der Waals surface area (Å²) in [5.41, 5.74) is 4.91. The van der Waals surface area contributed by atoms with Gasteiger partial charge >= 0.3 is 0 Å². The van der Waals surface area contributed by atoms with E-state index in [1.165, 1.54) is 22.3 Å². The Hall–Kier alpha value is -0.840. The number of aryl methyl sites for hydroxylation is 2. The lowest BCUT2D eigenvalue weighted by atomic mass is 10.1. The van der Waals surface area contributed by atoms with Gasteiger partial charge in [0, 0.05) is 6.54 Å². The van der Waals surface area contributed by atoms with Crippen LogP contribution in [0.25, 0.3) is 0 Å². The molecule has 0 heterocycles. The minimum absolute atomic E-state index is 0.561. The fraction of sp³-hybridized carbons (Fsp3) is 0.294. The van der Waals surface area contributed by atoms with Crippen molar-refractivity contribution in [2.24, 2.45) is 0 Å². The van der Waals surface area contributed by atoms with Crippen LogP contribution in [0, 0.1) is 13.8 Å². The lowest BCUT2D eigenvalue weighted by Gasteiger charge is -2.13. The van der Waals surface area contributed by atoms with Gasteiger partial charge in [-0.05, 0) is 76.0 Å². The smallest absolute Gasteiger partial charge is 0.148 e. The Morgan fingerprint density at radius 2 is 1.48 bits per heavy atom. The van der Waals surface area contributed by atoms with Gasteiger partial charge in [0.05, 0.1) is 8.95 Å². The first-order valence-electron chi connectivity index (χ1n) is 6.82. The predicted molar refractivity (Wildman–Crippen MR) is 94.9 cm³/mol. The number of hydrogen-bond acceptors (Lipinski definition) is 2. The summed E-state index contributed by atoms with van der Waals surface area (Å²) < 4.78 is 7.91. The van der Waals surface area contributed by atoms with E-state index in [1.54, 1.807) is 0 Å². The highest BCUT2D eigenvalue weighted by Crippen LogP contribution is 2.35. The van der Waals surface area contributed by atoms with E-state index in [-0.39, 0.29) is 0 Å². The molecule has 0 saturated carbocycles. The van der Waals surface area contributed by atoms with Crippen LogP contribution in [0.2, 0.25) is 0 Å². The molecule has 21 heavy (non-hydrogen) atoms. The molecular weight excluding hydrogens is 394 g/mol. The summed E-state index contributed by atoms with van der Waals surface area (Å²) in [6, 6.07) is 10.6. The molecule has 0 aromatic heterocycles. The van der Waals surface area contributed by atoms with Crippen molar-refractivity contribution in [3.05, 3.63) is 61.5 Å². The molecule has 0 saturated heterocycles. The SMILES string of the molecule is CNCc1cc(Br)c(OCc2cc(C)cc(C)c2)c(Br)c1. The highest BCUT2D eigenvalue weighted by Gasteiger charge is 2.09. The molecule has 0 atom stereocenters. The number of ether oxygens (including phenoxy) is 1. The summed E-state index contributed by atoms with van der Waals surface area (Å²) in [4.78, 5) is 0. The molecule has 2 rings (SSSR count). The lowest BCUT2D eigenvalue weighted by Crippen LogP contribution is -2.05. The van der Waals surface area contributed by atoms with Crippen molar-refractivity contribution < 1.29 is 4.74 Å². The summed E-state index contributed by atoms with van der Waals surface area (Å²) in [5.74, 6) is 0.842. The van der Waals surface area contributed by atoms with Crippen LogP contribution < -0.4 is 10.1 Å². The van der Waals surface area contributed by atoms with Gasteiger partial charge in [0.25, 0.3) is 0 Å². The Morgan fingerprint density at radius 3 is 2.00 bits per heavy atom. The molecule has 1 N–H and O–H groups in total. The van der Waals surface area contributed by atoms with Crippen molar-refractivity contribution in [2.45, 2.75) is 27.0 Å². The molecule has 0 unspecified atom stereocenters. The van der Waals surface area contributed by atoms with Crippen LogP contribution in [0.4, 0.5) is 0 Å². The first kappa shape index (κ1) is 16.5. The van der Waals surface area contributed by atoms with E-state index in [1.807, 2.05) is 7.05 Å². The Kier molecular flexibility index (Phi) is 5.85. The van der Waals surface area contributed by atoms with Crippen molar-refractivity contribution >= 4 is 31.9 Å². The topological polar surface area (TPSA) is 21.3 Å². The average molecular weight is 413 g/mol. The molecule has 0 bridgehead atoms. The summed E-state index contributed by atoms with van der Waals surface area (Å²) in [7, 11) is 1.94. The van der Waals surface area contributed by atoms with Gasteiger partial charge in [-0.25, -0.2) is 0 Å². The normalized spacial score (nSPS) is 10.7. The van der Waals surface area contributed by atoms with Crippen LogP contribution in [0.1, 0.15) is 22.3 Å². The van der Waals surface area contributed by atoms with Crippen molar-refractivity contribution in [3.63, 3.8) is 0 Å². The van der Waals surface area contributed by atoms with Crippen molar-refractivity contribution in [2.75, 3.05) is 7.05 Å². The van der Waals surface area contributed by atoms with Gasteiger partial charge in [0.15, 0.2) is 0 Å². The van der Waals surface area contributed by atoms with E-state index in [0.29, 0.717) is 6.61 Å². The molecule has 0 radical (unpaired) electrons. The van der Waals surface area contributed by atoms with Crippen LogP contribution in [0.15, 0.2) is 39.3 Å². The highest BCUT2D eigenvalue weighted by molar-refractivity contribution is 9.11. The first-order chi connectivity index (χ1) is 9.99. The van der Waals surface area contributed by atoms with Gasteiger partial charge in [-0.15, -0.1) is 0 Å². The van der Waals surface area contributed by atoms with Crippen LogP contribution in [0.5, 0.6) is 5.75 Å². The number of benzene rings is 2. The van der Waals surface area contributed by atoms with Crippen molar-refractivity contribution in [3.8, 4) is 5.75 Å². The third kappa shape index (κ3) is 4.56. The van der Waals surface area contributed by atoms with Crippen LogP contribution >= 0.6 is 31.9 Å². The van der Waals surface area contributed by atoms with Crippen LogP contribution in [-0.2, 0) is 13.2 Å².